The van der Waals surface area contributed by atoms with E-state index in [1.807, 2.05) is 0 Å². The molecule has 0 saturated heterocycles. The third-order valence-electron chi connectivity index (χ3n) is 1.68. The predicted molar refractivity (Wildman–Crippen MR) is 50.1 cm³/mol. The molecule has 1 amide bonds. The van der Waals surface area contributed by atoms with Gasteiger partial charge in [0.2, 0.25) is 5.91 Å². The molecule has 0 rings (SSSR count). The third-order valence-corrected chi connectivity index (χ3v) is 1.68. The molecule has 0 aromatic rings. The Morgan fingerprint density at radius 1 is 1.33 bits per heavy atom. The first-order valence-electron chi connectivity index (χ1n) is 4.35. The highest BCUT2D eigenvalue weighted by molar-refractivity contribution is 5.86. The van der Waals surface area contributed by atoms with Crippen LogP contribution in [0.25, 0.3) is 0 Å². The molecule has 0 bridgehead atoms. The summed E-state index contributed by atoms with van der Waals surface area (Å²) in [6.45, 7) is 1.41. The summed E-state index contributed by atoms with van der Waals surface area (Å²) in [5.41, 5.74) is 5.22. The molecule has 0 heterocycles. The van der Waals surface area contributed by atoms with E-state index >= 15 is 0 Å². The molecule has 15 heavy (non-hydrogen) atoms. The smallest absolute Gasteiger partial charge is 0.326 e. The maximum absolute atomic E-state index is 11.1. The summed E-state index contributed by atoms with van der Waals surface area (Å²) in [4.78, 5) is 31.9. The molecular formula is C8H14N2O5. The van der Waals surface area contributed by atoms with E-state index in [0.717, 1.165) is 0 Å². The van der Waals surface area contributed by atoms with Crippen molar-refractivity contribution in [3.05, 3.63) is 0 Å². The normalized spacial score (nSPS) is 14.0. The van der Waals surface area contributed by atoms with Crippen LogP contribution in [0.2, 0.25) is 0 Å². The van der Waals surface area contributed by atoms with Gasteiger partial charge in [0.15, 0.2) is 0 Å². The van der Waals surface area contributed by atoms with Gasteiger partial charge in [0, 0.05) is 6.42 Å². The van der Waals surface area contributed by atoms with Crippen LogP contribution in [-0.4, -0.2) is 40.1 Å². The molecule has 0 spiro atoms. The zero-order chi connectivity index (χ0) is 12.0. The zero-order valence-corrected chi connectivity index (χ0v) is 8.27. The van der Waals surface area contributed by atoms with Crippen LogP contribution in [0, 0.1) is 0 Å². The van der Waals surface area contributed by atoms with E-state index in [0.29, 0.717) is 0 Å². The molecule has 0 aliphatic rings. The van der Waals surface area contributed by atoms with Crippen LogP contribution < -0.4 is 11.1 Å². The lowest BCUT2D eigenvalue weighted by molar-refractivity contribution is -0.143. The van der Waals surface area contributed by atoms with Crippen LogP contribution in [0.5, 0.6) is 0 Å². The summed E-state index contributed by atoms with van der Waals surface area (Å²) in [6.07, 6.45) is -0.487. The van der Waals surface area contributed by atoms with E-state index in [-0.39, 0.29) is 12.8 Å². The predicted octanol–water partition coefficient (Wildman–Crippen LogP) is -1.23. The monoisotopic (exact) mass is 218 g/mol. The lowest BCUT2D eigenvalue weighted by Gasteiger charge is -2.14. The first kappa shape index (κ1) is 13.4. The Morgan fingerprint density at radius 2 is 1.87 bits per heavy atom. The molecule has 5 N–H and O–H groups in total. The van der Waals surface area contributed by atoms with Gasteiger partial charge in [0.05, 0.1) is 6.04 Å². The van der Waals surface area contributed by atoms with E-state index < -0.39 is 29.9 Å². The number of amides is 1. The molecule has 0 saturated carbocycles. The Kier molecular flexibility index (Phi) is 5.32. The topological polar surface area (TPSA) is 130 Å². The molecule has 0 fully saturated rings. The fourth-order valence-corrected chi connectivity index (χ4v) is 0.828. The Morgan fingerprint density at radius 3 is 2.20 bits per heavy atom. The van der Waals surface area contributed by atoms with E-state index in [1.54, 1.807) is 0 Å². The summed E-state index contributed by atoms with van der Waals surface area (Å²) in [6, 6.07) is -2.03. The largest absolute Gasteiger partial charge is 0.481 e. The van der Waals surface area contributed by atoms with Crippen molar-refractivity contribution in [2.24, 2.45) is 5.73 Å². The van der Waals surface area contributed by atoms with Crippen molar-refractivity contribution >= 4 is 17.8 Å². The summed E-state index contributed by atoms with van der Waals surface area (Å²) in [5, 5.41) is 19.2. The fourth-order valence-electron chi connectivity index (χ4n) is 0.828. The van der Waals surface area contributed by atoms with Crippen LogP contribution in [0.4, 0.5) is 0 Å². The number of nitrogens with one attached hydrogen (secondary N) is 1. The number of aliphatic carboxylic acids is 2. The average molecular weight is 218 g/mol. The van der Waals surface area contributed by atoms with Gasteiger partial charge in [-0.15, -0.1) is 0 Å². The molecule has 0 aliphatic heterocycles. The van der Waals surface area contributed by atoms with Gasteiger partial charge in [0.1, 0.15) is 6.04 Å². The molecule has 0 aromatic carbocycles. The van der Waals surface area contributed by atoms with Crippen molar-refractivity contribution in [3.63, 3.8) is 0 Å². The SMILES string of the molecule is C[C@H](N)C(=O)NC(CCC(=O)O)C(=O)O. The Labute approximate surface area is 86.3 Å². The molecule has 1 unspecified atom stereocenters. The number of nitrogens with two attached hydrogens (primary N) is 1. The molecule has 7 nitrogen and oxygen atoms in total. The standard InChI is InChI=1S/C8H14N2O5/c1-4(9)7(13)10-5(8(14)15)2-3-6(11)12/h4-5H,2-3,9H2,1H3,(H,10,13)(H,11,12)(H,14,15)/t4-,5?/m0/s1. The summed E-state index contributed by atoms with van der Waals surface area (Å²) < 4.78 is 0. The molecule has 0 aromatic heterocycles. The van der Waals surface area contributed by atoms with Crippen molar-refractivity contribution in [3.8, 4) is 0 Å². The molecule has 86 valence electrons. The van der Waals surface area contributed by atoms with E-state index in [4.69, 9.17) is 15.9 Å². The number of carbonyl (C=O) groups is 3. The van der Waals surface area contributed by atoms with Gasteiger partial charge in [-0.2, -0.15) is 0 Å². The first-order valence-corrected chi connectivity index (χ1v) is 4.35. The summed E-state index contributed by atoms with van der Waals surface area (Å²) in [5.74, 6) is -3.01. The number of carboxylic acid groups (broad SMARTS) is 2. The molecule has 2 atom stereocenters. The van der Waals surface area contributed by atoms with Crippen LogP contribution in [-0.2, 0) is 14.4 Å². The Bertz CT molecular complexity index is 264. The van der Waals surface area contributed by atoms with Crippen molar-refractivity contribution in [2.45, 2.75) is 31.8 Å². The van der Waals surface area contributed by atoms with Gasteiger partial charge in [-0.05, 0) is 13.3 Å². The van der Waals surface area contributed by atoms with Gasteiger partial charge in [0.25, 0.3) is 0 Å². The number of hydrogen-bond acceptors (Lipinski definition) is 4. The minimum Gasteiger partial charge on any atom is -0.481 e. The number of carbonyl (C=O) groups excluding carboxylic acids is 1. The van der Waals surface area contributed by atoms with E-state index in [9.17, 15) is 14.4 Å². The minimum absolute atomic E-state index is 0.164. The highest BCUT2D eigenvalue weighted by Crippen LogP contribution is 1.98. The maximum atomic E-state index is 11.1. The second kappa shape index (κ2) is 5.97. The summed E-state index contributed by atoms with van der Waals surface area (Å²) >= 11 is 0. The molecule has 0 radical (unpaired) electrons. The lowest BCUT2D eigenvalue weighted by Crippen LogP contribution is -2.47. The summed E-state index contributed by atoms with van der Waals surface area (Å²) in [7, 11) is 0. The number of hydrogen-bond donors (Lipinski definition) is 4. The van der Waals surface area contributed by atoms with Crippen molar-refractivity contribution in [2.75, 3.05) is 0 Å². The highest BCUT2D eigenvalue weighted by Gasteiger charge is 2.21. The molecule has 7 heteroatoms. The first-order chi connectivity index (χ1) is 6.84. The van der Waals surface area contributed by atoms with Crippen LogP contribution >= 0.6 is 0 Å². The third kappa shape index (κ3) is 5.63. The van der Waals surface area contributed by atoms with Crippen LogP contribution in [0.1, 0.15) is 19.8 Å². The second-order valence-corrected chi connectivity index (χ2v) is 3.12. The Balaban J connectivity index is 4.22. The van der Waals surface area contributed by atoms with Gasteiger partial charge in [-0.25, -0.2) is 4.79 Å². The maximum Gasteiger partial charge on any atom is 0.326 e. The minimum atomic E-state index is -1.27. The lowest BCUT2D eigenvalue weighted by atomic mass is 10.1. The van der Waals surface area contributed by atoms with Crippen molar-refractivity contribution in [1.82, 2.24) is 5.32 Å². The van der Waals surface area contributed by atoms with E-state index in [1.165, 1.54) is 6.92 Å². The average Bonchev–Trinajstić information content (AvgIpc) is 2.10. The van der Waals surface area contributed by atoms with Gasteiger partial charge in [-0.3, -0.25) is 9.59 Å². The number of carboxylic acids is 2. The highest BCUT2D eigenvalue weighted by atomic mass is 16.4. The van der Waals surface area contributed by atoms with Crippen molar-refractivity contribution in [1.29, 1.82) is 0 Å². The van der Waals surface area contributed by atoms with Gasteiger partial charge >= 0.3 is 11.9 Å². The van der Waals surface area contributed by atoms with Crippen molar-refractivity contribution < 1.29 is 24.6 Å². The number of rotatable bonds is 6. The van der Waals surface area contributed by atoms with Gasteiger partial charge < -0.3 is 21.3 Å². The van der Waals surface area contributed by atoms with Crippen LogP contribution in [0.15, 0.2) is 0 Å². The zero-order valence-electron chi connectivity index (χ0n) is 8.27. The van der Waals surface area contributed by atoms with E-state index in [2.05, 4.69) is 5.32 Å². The fraction of sp³-hybridized carbons (Fsp3) is 0.625. The second-order valence-electron chi connectivity index (χ2n) is 3.12. The molecular weight excluding hydrogens is 204 g/mol. The molecule has 0 aliphatic carbocycles. The quantitative estimate of drug-likeness (QED) is 0.441. The van der Waals surface area contributed by atoms with Crippen LogP contribution in [0.3, 0.4) is 0 Å². The Hall–Kier alpha value is -1.63. The van der Waals surface area contributed by atoms with Gasteiger partial charge in [-0.1, -0.05) is 0 Å².